The topological polar surface area (TPSA) is 42.2 Å². The smallest absolute Gasteiger partial charge is 0.168 e. The number of halogens is 2. The third-order valence-corrected chi connectivity index (χ3v) is 4.61. The third-order valence-electron chi connectivity index (χ3n) is 3.03. The number of para-hydroxylation sites is 1. The van der Waals surface area contributed by atoms with Gasteiger partial charge in [0.1, 0.15) is 0 Å². The summed E-state index contributed by atoms with van der Waals surface area (Å²) in [4.78, 5) is 4.51. The maximum atomic E-state index is 6.07. The minimum absolute atomic E-state index is 0.542. The number of nitrogens with zero attached hydrogens (tertiary/aromatic N) is 3. The van der Waals surface area contributed by atoms with Crippen LogP contribution >= 0.6 is 35.0 Å². The summed E-state index contributed by atoms with van der Waals surface area (Å²) in [5.74, 6) is 1.06. The van der Waals surface area contributed by atoms with Gasteiger partial charge in [0.05, 0.1) is 33.3 Å². The molecular weight excluding hydrogens is 315 g/mol. The van der Waals surface area contributed by atoms with Gasteiger partial charge in [-0.3, -0.25) is 5.43 Å². The molecule has 1 aromatic heterocycles. The third kappa shape index (κ3) is 2.53. The molecule has 7 heteroatoms. The Balaban J connectivity index is 1.82. The van der Waals surface area contributed by atoms with Crippen LogP contribution < -0.4 is 5.43 Å². The van der Waals surface area contributed by atoms with Gasteiger partial charge in [0.2, 0.25) is 0 Å². The number of rotatable bonds is 3. The van der Waals surface area contributed by atoms with Crippen LogP contribution in [-0.4, -0.2) is 21.5 Å². The summed E-state index contributed by atoms with van der Waals surface area (Å²) < 4.78 is 2.17. The van der Waals surface area contributed by atoms with Gasteiger partial charge in [0.15, 0.2) is 5.16 Å². The Morgan fingerprint density at radius 1 is 1.40 bits per heavy atom. The molecule has 0 unspecified atom stereocenters. The number of aromatic nitrogens is 2. The first-order chi connectivity index (χ1) is 9.66. The Morgan fingerprint density at radius 2 is 2.15 bits per heavy atom. The van der Waals surface area contributed by atoms with E-state index in [1.54, 1.807) is 36.2 Å². The fraction of sp³-hybridized carbons (Fsp3) is 0.231. The Labute approximate surface area is 131 Å². The van der Waals surface area contributed by atoms with E-state index in [4.69, 9.17) is 23.2 Å². The molecule has 2 heterocycles. The van der Waals surface area contributed by atoms with E-state index in [0.29, 0.717) is 15.7 Å². The van der Waals surface area contributed by atoms with Crippen molar-refractivity contribution in [2.75, 3.05) is 11.2 Å². The van der Waals surface area contributed by atoms with Gasteiger partial charge in [-0.1, -0.05) is 41.0 Å². The van der Waals surface area contributed by atoms with Crippen LogP contribution in [0.5, 0.6) is 0 Å². The highest BCUT2D eigenvalue weighted by molar-refractivity contribution is 7.99. The summed E-state index contributed by atoms with van der Waals surface area (Å²) in [7, 11) is 0. The maximum Gasteiger partial charge on any atom is 0.168 e. The SMILES string of the molecule is Cc1nc2n(c1/C=N/Nc1c(Cl)cccc1Cl)CCS2. The normalized spacial score (nSPS) is 13.9. The number of aryl methyl sites for hydroxylation is 1. The lowest BCUT2D eigenvalue weighted by molar-refractivity contribution is 0.715. The van der Waals surface area contributed by atoms with Crippen molar-refractivity contribution >= 4 is 46.9 Å². The Kier molecular flexibility index (Phi) is 3.92. The van der Waals surface area contributed by atoms with E-state index in [0.717, 1.165) is 28.8 Å². The summed E-state index contributed by atoms with van der Waals surface area (Å²) in [5.41, 5.74) is 5.50. The first-order valence-corrected chi connectivity index (χ1v) is 7.84. The standard InChI is InChI=1S/C13H12Cl2N4S/c1-8-11(19-5-6-20-13(19)17-8)7-16-18-12-9(14)3-2-4-10(12)15/h2-4,7,18H,5-6H2,1H3/b16-7+. The zero-order valence-electron chi connectivity index (χ0n) is 10.7. The largest absolute Gasteiger partial charge is 0.317 e. The van der Waals surface area contributed by atoms with Crippen molar-refractivity contribution in [3.05, 3.63) is 39.6 Å². The van der Waals surface area contributed by atoms with Crippen molar-refractivity contribution in [2.24, 2.45) is 5.10 Å². The number of hydrogen-bond donors (Lipinski definition) is 1. The molecule has 3 rings (SSSR count). The van der Waals surface area contributed by atoms with Crippen molar-refractivity contribution < 1.29 is 0 Å². The zero-order valence-corrected chi connectivity index (χ0v) is 13.1. The number of nitrogens with one attached hydrogen (secondary N) is 1. The molecule has 0 fully saturated rings. The van der Waals surface area contributed by atoms with Crippen molar-refractivity contribution in [1.29, 1.82) is 0 Å². The average molecular weight is 327 g/mol. The van der Waals surface area contributed by atoms with Gasteiger partial charge in [-0.25, -0.2) is 4.98 Å². The zero-order chi connectivity index (χ0) is 14.1. The lowest BCUT2D eigenvalue weighted by Crippen LogP contribution is -2.02. The summed E-state index contributed by atoms with van der Waals surface area (Å²) in [5, 5.41) is 6.37. The maximum absolute atomic E-state index is 6.07. The van der Waals surface area contributed by atoms with Crippen molar-refractivity contribution in [1.82, 2.24) is 9.55 Å². The molecule has 104 valence electrons. The monoisotopic (exact) mass is 326 g/mol. The number of hydrogen-bond acceptors (Lipinski definition) is 4. The molecule has 2 aromatic rings. The van der Waals surface area contributed by atoms with Gasteiger partial charge < -0.3 is 4.57 Å². The molecule has 0 saturated carbocycles. The van der Waals surface area contributed by atoms with Crippen LogP contribution in [0.15, 0.2) is 28.5 Å². The van der Waals surface area contributed by atoms with Crippen LogP contribution in [0.2, 0.25) is 10.0 Å². The molecule has 0 saturated heterocycles. The van der Waals surface area contributed by atoms with Crippen LogP contribution in [0.25, 0.3) is 0 Å². The first kappa shape index (κ1) is 13.8. The van der Waals surface area contributed by atoms with E-state index in [2.05, 4.69) is 20.1 Å². The second kappa shape index (κ2) is 5.68. The number of anilines is 1. The van der Waals surface area contributed by atoms with Gasteiger partial charge in [-0.15, -0.1) is 0 Å². The molecule has 1 aliphatic heterocycles. The van der Waals surface area contributed by atoms with Crippen LogP contribution in [0.1, 0.15) is 11.4 Å². The van der Waals surface area contributed by atoms with E-state index >= 15 is 0 Å². The molecule has 1 N–H and O–H groups in total. The summed E-state index contributed by atoms with van der Waals surface area (Å²) >= 11 is 13.9. The Bertz CT molecular complexity index is 661. The van der Waals surface area contributed by atoms with E-state index in [9.17, 15) is 0 Å². The second-order valence-corrected chi connectivity index (χ2v) is 6.21. The number of benzene rings is 1. The van der Waals surface area contributed by atoms with Crippen molar-refractivity contribution in [3.63, 3.8) is 0 Å². The summed E-state index contributed by atoms with van der Waals surface area (Å²) in [6.07, 6.45) is 1.76. The molecule has 20 heavy (non-hydrogen) atoms. The van der Waals surface area contributed by atoms with E-state index < -0.39 is 0 Å². The Hall–Kier alpha value is -1.17. The quantitative estimate of drug-likeness (QED) is 0.683. The molecule has 0 aliphatic carbocycles. The predicted octanol–water partition coefficient (Wildman–Crippen LogP) is 4.05. The summed E-state index contributed by atoms with van der Waals surface area (Å²) in [6, 6.07) is 5.33. The molecule has 0 bridgehead atoms. The number of thioether (sulfide) groups is 1. The van der Waals surface area contributed by atoms with Crippen LogP contribution in [0.3, 0.4) is 0 Å². The van der Waals surface area contributed by atoms with Crippen molar-refractivity contribution in [3.8, 4) is 0 Å². The average Bonchev–Trinajstić information content (AvgIpc) is 2.95. The molecule has 0 radical (unpaired) electrons. The molecule has 1 aliphatic rings. The second-order valence-electron chi connectivity index (χ2n) is 4.33. The molecule has 0 atom stereocenters. The molecule has 0 amide bonds. The van der Waals surface area contributed by atoms with Gasteiger partial charge in [-0.2, -0.15) is 5.10 Å². The Morgan fingerprint density at radius 3 is 2.90 bits per heavy atom. The molecular formula is C13H12Cl2N4S. The van der Waals surface area contributed by atoms with Gasteiger partial charge in [-0.05, 0) is 19.1 Å². The minimum Gasteiger partial charge on any atom is -0.317 e. The van der Waals surface area contributed by atoms with E-state index in [1.165, 1.54) is 0 Å². The van der Waals surface area contributed by atoms with Crippen LogP contribution in [-0.2, 0) is 6.54 Å². The highest BCUT2D eigenvalue weighted by atomic mass is 35.5. The number of imidazole rings is 1. The minimum atomic E-state index is 0.542. The van der Waals surface area contributed by atoms with Crippen LogP contribution in [0, 0.1) is 6.92 Å². The van der Waals surface area contributed by atoms with Crippen LogP contribution in [0.4, 0.5) is 5.69 Å². The summed E-state index contributed by atoms with van der Waals surface area (Å²) in [6.45, 7) is 2.95. The molecule has 0 spiro atoms. The molecule has 4 nitrogen and oxygen atoms in total. The number of fused-ring (bicyclic) bond motifs is 1. The van der Waals surface area contributed by atoms with Gasteiger partial charge in [0, 0.05) is 12.3 Å². The van der Waals surface area contributed by atoms with Gasteiger partial charge >= 0.3 is 0 Å². The van der Waals surface area contributed by atoms with E-state index in [1.807, 2.05) is 6.92 Å². The fourth-order valence-corrected chi connectivity index (χ4v) is 3.53. The molecule has 1 aromatic carbocycles. The fourth-order valence-electron chi connectivity index (χ4n) is 2.04. The van der Waals surface area contributed by atoms with Gasteiger partial charge in [0.25, 0.3) is 0 Å². The predicted molar refractivity (Wildman–Crippen MR) is 85.4 cm³/mol. The lowest BCUT2D eigenvalue weighted by Gasteiger charge is -2.05. The van der Waals surface area contributed by atoms with E-state index in [-0.39, 0.29) is 0 Å². The highest BCUT2D eigenvalue weighted by Crippen LogP contribution is 2.30. The lowest BCUT2D eigenvalue weighted by atomic mass is 10.3. The number of hydrazone groups is 1. The highest BCUT2D eigenvalue weighted by Gasteiger charge is 2.18. The first-order valence-electron chi connectivity index (χ1n) is 6.10. The van der Waals surface area contributed by atoms with Crippen molar-refractivity contribution in [2.45, 2.75) is 18.6 Å².